The normalized spacial score (nSPS) is 24.3. The molecule has 0 bridgehead atoms. The minimum absolute atomic E-state index is 0.0373. The first kappa shape index (κ1) is 23.0. The van der Waals surface area contributed by atoms with E-state index in [1.165, 1.54) is 32.2 Å². The molecule has 12 heteroatoms. The van der Waals surface area contributed by atoms with E-state index in [0.717, 1.165) is 57.3 Å². The molecular weight excluding hydrogens is 429 g/mol. The van der Waals surface area contributed by atoms with Crippen LogP contribution in [0.1, 0.15) is 61.0 Å². The zero-order chi connectivity index (χ0) is 22.9. The number of piperazine rings is 1. The fourth-order valence-electron chi connectivity index (χ4n) is 4.72. The third-order valence-electron chi connectivity index (χ3n) is 6.61. The van der Waals surface area contributed by atoms with Crippen LogP contribution < -0.4 is 5.32 Å². The molecule has 1 atom stereocenters. The molecule has 32 heavy (non-hydrogen) atoms. The second kappa shape index (κ2) is 9.34. The van der Waals surface area contributed by atoms with Gasteiger partial charge < -0.3 is 15.0 Å². The average Bonchev–Trinajstić information content (AvgIpc) is 3.22. The first-order valence-electron chi connectivity index (χ1n) is 11.2. The van der Waals surface area contributed by atoms with Crippen LogP contribution in [0.2, 0.25) is 0 Å². The number of hydrogen-bond donors (Lipinski definition) is 2. The Kier molecular flexibility index (Phi) is 6.70. The number of nitrogens with zero attached hydrogens (tertiary/aromatic N) is 5. The lowest BCUT2D eigenvalue weighted by Gasteiger charge is -2.43. The Balaban J connectivity index is 0.000000307. The topological polar surface area (TPSA) is 104 Å². The van der Waals surface area contributed by atoms with Crippen LogP contribution in [-0.4, -0.2) is 86.5 Å². The minimum atomic E-state index is -5.08. The number of aliphatic carboxylic acids is 1. The average molecular weight is 458 g/mol. The highest BCUT2D eigenvalue weighted by molar-refractivity contribution is 5.91. The Morgan fingerprint density at radius 1 is 1.03 bits per heavy atom. The second-order valence-electron chi connectivity index (χ2n) is 9.05. The first-order chi connectivity index (χ1) is 15.2. The van der Waals surface area contributed by atoms with Crippen molar-refractivity contribution in [2.75, 3.05) is 32.7 Å². The molecule has 3 heterocycles. The molecule has 2 aliphatic carbocycles. The minimum Gasteiger partial charge on any atom is -0.475 e. The monoisotopic (exact) mass is 458 g/mol. The van der Waals surface area contributed by atoms with Crippen molar-refractivity contribution in [1.29, 1.82) is 0 Å². The molecule has 2 aliphatic heterocycles. The Hall–Kier alpha value is -2.21. The molecule has 5 rings (SSSR count). The highest BCUT2D eigenvalue weighted by atomic mass is 19.4. The van der Waals surface area contributed by atoms with Gasteiger partial charge in [-0.1, -0.05) is 12.8 Å². The van der Waals surface area contributed by atoms with E-state index in [0.29, 0.717) is 17.9 Å². The zero-order valence-corrected chi connectivity index (χ0v) is 17.9. The van der Waals surface area contributed by atoms with Gasteiger partial charge >= 0.3 is 12.1 Å². The van der Waals surface area contributed by atoms with E-state index in [-0.39, 0.29) is 5.91 Å². The van der Waals surface area contributed by atoms with E-state index >= 15 is 0 Å². The Morgan fingerprint density at radius 3 is 2.31 bits per heavy atom. The molecule has 1 aromatic heterocycles. The second-order valence-corrected chi connectivity index (χ2v) is 9.05. The van der Waals surface area contributed by atoms with Gasteiger partial charge in [0.05, 0.1) is 6.04 Å². The predicted molar refractivity (Wildman–Crippen MR) is 107 cm³/mol. The van der Waals surface area contributed by atoms with Gasteiger partial charge in [-0.3, -0.25) is 14.6 Å². The molecule has 3 fully saturated rings. The van der Waals surface area contributed by atoms with Crippen LogP contribution in [0, 0.1) is 5.92 Å². The SMILES string of the molecule is O=C(NC1CCCC1)c1nnc2n1CCN1CCN(CC3CC3)CC21.O=C(O)C(F)(F)F. The fraction of sp³-hybridized carbons (Fsp3) is 0.800. The smallest absolute Gasteiger partial charge is 0.475 e. The van der Waals surface area contributed by atoms with Crippen LogP contribution in [0.3, 0.4) is 0 Å². The molecule has 2 N–H and O–H groups in total. The lowest BCUT2D eigenvalue weighted by molar-refractivity contribution is -0.192. The van der Waals surface area contributed by atoms with Gasteiger partial charge in [0.2, 0.25) is 5.82 Å². The van der Waals surface area contributed by atoms with E-state index in [2.05, 4.69) is 29.9 Å². The molecule has 1 saturated heterocycles. The standard InChI is InChI=1S/C18H28N6O.C2HF3O2/c25-18(19-14-3-1-2-4-14)17-21-20-16-15-12-22(11-13-5-6-13)7-8-23(15)9-10-24(16)17;3-2(4,5)1(6)7/h13-15H,1-12H2,(H,19,25);(H,6,7). The highest BCUT2D eigenvalue weighted by Gasteiger charge is 2.39. The molecule has 1 unspecified atom stereocenters. The van der Waals surface area contributed by atoms with Crippen molar-refractivity contribution in [2.45, 2.75) is 63.3 Å². The van der Waals surface area contributed by atoms with Gasteiger partial charge in [-0.2, -0.15) is 13.2 Å². The summed E-state index contributed by atoms with van der Waals surface area (Å²) in [5, 5.41) is 19.0. The van der Waals surface area contributed by atoms with Crippen LogP contribution >= 0.6 is 0 Å². The van der Waals surface area contributed by atoms with Crippen LogP contribution in [0.5, 0.6) is 0 Å². The molecule has 178 valence electrons. The summed E-state index contributed by atoms with van der Waals surface area (Å²) in [6, 6.07) is 0.617. The number of hydrogen-bond acceptors (Lipinski definition) is 6. The van der Waals surface area contributed by atoms with Gasteiger partial charge in [-0.25, -0.2) is 4.79 Å². The van der Waals surface area contributed by atoms with Crippen molar-refractivity contribution in [1.82, 2.24) is 29.9 Å². The van der Waals surface area contributed by atoms with Crippen molar-refractivity contribution in [2.24, 2.45) is 5.92 Å². The number of halogens is 3. The molecule has 4 aliphatic rings. The Morgan fingerprint density at radius 2 is 1.69 bits per heavy atom. The molecule has 0 radical (unpaired) electrons. The summed E-state index contributed by atoms with van der Waals surface area (Å²) in [6.07, 6.45) is 2.34. The summed E-state index contributed by atoms with van der Waals surface area (Å²) in [7, 11) is 0. The van der Waals surface area contributed by atoms with Crippen molar-refractivity contribution in [3.63, 3.8) is 0 Å². The van der Waals surface area contributed by atoms with Gasteiger partial charge in [-0.05, 0) is 31.6 Å². The number of aromatic nitrogens is 3. The number of carboxylic acids is 1. The number of carboxylic acid groups (broad SMARTS) is 1. The van der Waals surface area contributed by atoms with Crippen molar-refractivity contribution in [3.05, 3.63) is 11.6 Å². The van der Waals surface area contributed by atoms with Gasteiger partial charge in [-0.15, -0.1) is 10.2 Å². The van der Waals surface area contributed by atoms with E-state index in [4.69, 9.17) is 9.90 Å². The maximum atomic E-state index is 12.7. The molecule has 0 spiro atoms. The van der Waals surface area contributed by atoms with Crippen LogP contribution in [0.4, 0.5) is 13.2 Å². The number of alkyl halides is 3. The number of nitrogens with one attached hydrogen (secondary N) is 1. The summed E-state index contributed by atoms with van der Waals surface area (Å²) < 4.78 is 33.8. The maximum Gasteiger partial charge on any atom is 0.490 e. The number of carbonyl (C=O) groups is 2. The van der Waals surface area contributed by atoms with E-state index < -0.39 is 12.1 Å². The quantitative estimate of drug-likeness (QED) is 0.707. The first-order valence-corrected chi connectivity index (χ1v) is 11.2. The maximum absolute atomic E-state index is 12.7. The number of carbonyl (C=O) groups excluding carboxylic acids is 1. The summed E-state index contributed by atoms with van der Waals surface area (Å²) in [5.41, 5.74) is 0. The number of fused-ring (bicyclic) bond motifs is 3. The number of amides is 1. The van der Waals surface area contributed by atoms with Gasteiger partial charge in [0.15, 0.2) is 5.82 Å². The molecule has 1 amide bonds. The van der Waals surface area contributed by atoms with Crippen molar-refractivity contribution < 1.29 is 27.9 Å². The molecule has 0 aromatic carbocycles. The molecular formula is C20H29F3N6O3. The lowest BCUT2D eigenvalue weighted by Crippen LogP contribution is -2.52. The van der Waals surface area contributed by atoms with E-state index in [1.54, 1.807) is 0 Å². The van der Waals surface area contributed by atoms with Crippen molar-refractivity contribution in [3.8, 4) is 0 Å². The Bertz CT molecular complexity index is 835. The number of rotatable bonds is 4. The van der Waals surface area contributed by atoms with Crippen molar-refractivity contribution >= 4 is 11.9 Å². The molecule has 1 aromatic rings. The Labute approximate surface area is 183 Å². The van der Waals surface area contributed by atoms with Gasteiger partial charge in [0, 0.05) is 45.3 Å². The summed E-state index contributed by atoms with van der Waals surface area (Å²) >= 11 is 0. The zero-order valence-electron chi connectivity index (χ0n) is 17.9. The highest BCUT2D eigenvalue weighted by Crippen LogP contribution is 2.33. The van der Waals surface area contributed by atoms with E-state index in [1.807, 2.05) is 0 Å². The van der Waals surface area contributed by atoms with Crippen LogP contribution in [0.25, 0.3) is 0 Å². The third kappa shape index (κ3) is 5.40. The van der Waals surface area contributed by atoms with Gasteiger partial charge in [0.25, 0.3) is 5.91 Å². The summed E-state index contributed by atoms with van der Waals surface area (Å²) in [6.45, 7) is 6.35. The lowest BCUT2D eigenvalue weighted by atomic mass is 10.1. The third-order valence-corrected chi connectivity index (χ3v) is 6.61. The van der Waals surface area contributed by atoms with Crippen LogP contribution in [0.15, 0.2) is 0 Å². The fourth-order valence-corrected chi connectivity index (χ4v) is 4.72. The molecule has 9 nitrogen and oxygen atoms in total. The summed E-state index contributed by atoms with van der Waals surface area (Å²) in [5.74, 6) is -0.373. The largest absolute Gasteiger partial charge is 0.490 e. The van der Waals surface area contributed by atoms with Crippen LogP contribution in [-0.2, 0) is 11.3 Å². The predicted octanol–water partition coefficient (Wildman–Crippen LogP) is 1.67. The molecule has 2 saturated carbocycles. The summed E-state index contributed by atoms with van der Waals surface area (Å²) in [4.78, 5) is 26.7. The van der Waals surface area contributed by atoms with Gasteiger partial charge in [0.1, 0.15) is 0 Å². The van der Waals surface area contributed by atoms with E-state index in [9.17, 15) is 18.0 Å².